The van der Waals surface area contributed by atoms with Gasteiger partial charge in [0.2, 0.25) is 0 Å². The molecule has 1 fully saturated rings. The van der Waals surface area contributed by atoms with Crippen molar-refractivity contribution in [2.45, 2.75) is 13.0 Å². The number of carbonyl (C=O) groups excluding carboxylic acids is 2. The second kappa shape index (κ2) is 9.94. The van der Waals surface area contributed by atoms with Crippen LogP contribution in [0.5, 0.6) is 17.2 Å². The summed E-state index contributed by atoms with van der Waals surface area (Å²) in [5.41, 5.74) is 1.62. The lowest BCUT2D eigenvalue weighted by atomic mass is 9.95. The smallest absolute Gasteiger partial charge is 0.301 e. The standard InChI is InChI=1S/C28H24N2O6S/c1-4-36-20-13-10-17(14-21(20)35-3)24-23(25(31)16-8-6-5-7-9-16)26(32)27(33)30(24)28-29-19-12-11-18(34-2)15-22(19)37-28/h5-15,24,31H,4H2,1-3H3. The first-order valence-electron chi connectivity index (χ1n) is 11.6. The van der Waals surface area contributed by atoms with Crippen LogP contribution in [0.15, 0.2) is 72.3 Å². The number of Topliss-reactive ketones (excluding diaryl/α,β-unsaturated/α-hetero) is 1. The van der Waals surface area contributed by atoms with Crippen molar-refractivity contribution >= 4 is 44.1 Å². The zero-order valence-electron chi connectivity index (χ0n) is 20.4. The summed E-state index contributed by atoms with van der Waals surface area (Å²) in [5.74, 6) is -0.208. The first kappa shape index (κ1) is 24.3. The van der Waals surface area contributed by atoms with E-state index in [-0.39, 0.29) is 11.3 Å². The molecular formula is C28H24N2O6S. The van der Waals surface area contributed by atoms with Gasteiger partial charge in [-0.15, -0.1) is 0 Å². The van der Waals surface area contributed by atoms with Crippen molar-refractivity contribution in [1.29, 1.82) is 0 Å². The molecule has 37 heavy (non-hydrogen) atoms. The molecule has 1 N–H and O–H groups in total. The summed E-state index contributed by atoms with van der Waals surface area (Å²) in [6, 6.07) is 18.3. The summed E-state index contributed by atoms with van der Waals surface area (Å²) in [6.45, 7) is 2.31. The van der Waals surface area contributed by atoms with Crippen LogP contribution in [-0.4, -0.2) is 42.6 Å². The molecule has 0 spiro atoms. The molecule has 5 rings (SSSR count). The Morgan fingerprint density at radius 3 is 2.49 bits per heavy atom. The first-order valence-corrected chi connectivity index (χ1v) is 12.4. The zero-order valence-corrected chi connectivity index (χ0v) is 21.2. The minimum atomic E-state index is -0.938. The fourth-order valence-electron chi connectivity index (χ4n) is 4.35. The van der Waals surface area contributed by atoms with E-state index >= 15 is 0 Å². The number of hydrogen-bond acceptors (Lipinski definition) is 8. The number of hydrogen-bond donors (Lipinski definition) is 1. The van der Waals surface area contributed by atoms with E-state index < -0.39 is 17.7 Å². The maximum atomic E-state index is 13.5. The summed E-state index contributed by atoms with van der Waals surface area (Å²) in [7, 11) is 3.09. The number of thiazole rings is 1. The molecule has 1 atom stereocenters. The molecule has 1 amide bonds. The van der Waals surface area contributed by atoms with Gasteiger partial charge in [0.15, 0.2) is 16.6 Å². The van der Waals surface area contributed by atoms with Crippen LogP contribution in [0.2, 0.25) is 0 Å². The van der Waals surface area contributed by atoms with Crippen molar-refractivity contribution in [3.8, 4) is 17.2 Å². The number of aliphatic hydroxyl groups excluding tert-OH is 1. The predicted octanol–water partition coefficient (Wildman–Crippen LogP) is 5.34. The quantitative estimate of drug-likeness (QED) is 0.201. The number of carbonyl (C=O) groups is 2. The zero-order chi connectivity index (χ0) is 26.1. The van der Waals surface area contributed by atoms with Crippen LogP contribution < -0.4 is 19.1 Å². The highest BCUT2D eigenvalue weighted by Gasteiger charge is 2.48. The van der Waals surface area contributed by atoms with Crippen LogP contribution in [0.25, 0.3) is 16.0 Å². The number of ether oxygens (including phenoxy) is 3. The van der Waals surface area contributed by atoms with E-state index in [1.165, 1.54) is 23.3 Å². The molecular weight excluding hydrogens is 492 g/mol. The van der Waals surface area contributed by atoms with Crippen LogP contribution in [0, 0.1) is 0 Å². The van der Waals surface area contributed by atoms with E-state index in [4.69, 9.17) is 14.2 Å². The van der Waals surface area contributed by atoms with Crippen molar-refractivity contribution in [3.05, 3.63) is 83.4 Å². The Labute approximate surface area is 217 Å². The summed E-state index contributed by atoms with van der Waals surface area (Å²) in [4.78, 5) is 32.9. The molecule has 2 heterocycles. The van der Waals surface area contributed by atoms with Gasteiger partial charge in [0, 0.05) is 5.56 Å². The summed E-state index contributed by atoms with van der Waals surface area (Å²) >= 11 is 1.26. The molecule has 4 aromatic rings. The fraction of sp³-hybridized carbons (Fsp3) is 0.179. The third-order valence-electron chi connectivity index (χ3n) is 6.09. The van der Waals surface area contributed by atoms with Crippen LogP contribution in [0.3, 0.4) is 0 Å². The molecule has 188 valence electrons. The van der Waals surface area contributed by atoms with Crippen LogP contribution >= 0.6 is 11.3 Å². The normalized spacial score (nSPS) is 16.8. The third-order valence-corrected chi connectivity index (χ3v) is 7.10. The number of fused-ring (bicyclic) bond motifs is 1. The van der Waals surface area contributed by atoms with Crippen LogP contribution in [0.1, 0.15) is 24.1 Å². The van der Waals surface area contributed by atoms with Crippen molar-refractivity contribution in [2.75, 3.05) is 25.7 Å². The molecule has 1 aromatic heterocycles. The Kier molecular flexibility index (Phi) is 6.54. The largest absolute Gasteiger partial charge is 0.507 e. The predicted molar refractivity (Wildman–Crippen MR) is 142 cm³/mol. The molecule has 3 aromatic carbocycles. The van der Waals surface area contributed by atoms with Crippen molar-refractivity contribution in [1.82, 2.24) is 4.98 Å². The highest BCUT2D eigenvalue weighted by atomic mass is 32.1. The van der Waals surface area contributed by atoms with Gasteiger partial charge in [-0.05, 0) is 42.8 Å². The van der Waals surface area contributed by atoms with E-state index in [0.29, 0.717) is 45.6 Å². The molecule has 1 aliphatic rings. The number of nitrogens with zero attached hydrogens (tertiary/aromatic N) is 2. The van der Waals surface area contributed by atoms with E-state index in [1.807, 2.05) is 13.0 Å². The van der Waals surface area contributed by atoms with Gasteiger partial charge >= 0.3 is 5.91 Å². The van der Waals surface area contributed by atoms with E-state index in [9.17, 15) is 14.7 Å². The molecule has 9 heteroatoms. The maximum absolute atomic E-state index is 13.5. The molecule has 0 saturated carbocycles. The van der Waals surface area contributed by atoms with Gasteiger partial charge in [-0.3, -0.25) is 14.5 Å². The Balaban J connectivity index is 1.72. The lowest BCUT2D eigenvalue weighted by molar-refractivity contribution is -0.132. The number of amides is 1. The molecule has 0 bridgehead atoms. The van der Waals surface area contributed by atoms with E-state index in [2.05, 4.69) is 4.98 Å². The number of aromatic nitrogens is 1. The highest BCUT2D eigenvalue weighted by molar-refractivity contribution is 7.22. The second-order valence-electron chi connectivity index (χ2n) is 8.21. The lowest BCUT2D eigenvalue weighted by Crippen LogP contribution is -2.29. The Hall–Kier alpha value is -4.37. The Morgan fingerprint density at radius 2 is 1.78 bits per heavy atom. The number of methoxy groups -OCH3 is 2. The molecule has 1 aliphatic heterocycles. The van der Waals surface area contributed by atoms with E-state index in [0.717, 1.165) is 4.70 Å². The summed E-state index contributed by atoms with van der Waals surface area (Å²) in [5, 5.41) is 11.6. The number of rotatable bonds is 7. The number of anilines is 1. The van der Waals surface area contributed by atoms with Gasteiger partial charge < -0.3 is 19.3 Å². The van der Waals surface area contributed by atoms with Crippen LogP contribution in [-0.2, 0) is 9.59 Å². The number of aliphatic hydroxyl groups is 1. The molecule has 1 unspecified atom stereocenters. The second-order valence-corrected chi connectivity index (χ2v) is 9.22. The van der Waals surface area contributed by atoms with Gasteiger partial charge in [-0.2, -0.15) is 0 Å². The SMILES string of the molecule is CCOc1ccc(C2C(=C(O)c3ccccc3)C(=O)C(=O)N2c2nc3ccc(OC)cc3s2)cc1OC. The number of ketones is 1. The lowest BCUT2D eigenvalue weighted by Gasteiger charge is -2.24. The molecule has 0 aliphatic carbocycles. The topological polar surface area (TPSA) is 98.2 Å². The third kappa shape index (κ3) is 4.27. The summed E-state index contributed by atoms with van der Waals surface area (Å²) in [6.07, 6.45) is 0. The minimum absolute atomic E-state index is 0.0285. The summed E-state index contributed by atoms with van der Waals surface area (Å²) < 4.78 is 17.3. The monoisotopic (exact) mass is 516 g/mol. The van der Waals surface area contributed by atoms with Gasteiger partial charge in [0.05, 0.1) is 42.7 Å². The van der Waals surface area contributed by atoms with Gasteiger partial charge in [-0.1, -0.05) is 47.7 Å². The Morgan fingerprint density at radius 1 is 1.00 bits per heavy atom. The minimum Gasteiger partial charge on any atom is -0.507 e. The van der Waals surface area contributed by atoms with Gasteiger partial charge in [0.25, 0.3) is 5.78 Å². The van der Waals surface area contributed by atoms with Crippen LogP contribution in [0.4, 0.5) is 5.13 Å². The Bertz CT molecular complexity index is 1530. The fourth-order valence-corrected chi connectivity index (χ4v) is 5.37. The number of benzene rings is 3. The molecule has 0 radical (unpaired) electrons. The van der Waals surface area contributed by atoms with E-state index in [1.54, 1.807) is 67.8 Å². The van der Waals surface area contributed by atoms with Crippen molar-refractivity contribution < 1.29 is 28.9 Å². The first-order chi connectivity index (χ1) is 18.0. The maximum Gasteiger partial charge on any atom is 0.301 e. The van der Waals surface area contributed by atoms with Gasteiger partial charge in [-0.25, -0.2) is 4.98 Å². The average Bonchev–Trinajstić information content (AvgIpc) is 3.46. The van der Waals surface area contributed by atoms with Crippen molar-refractivity contribution in [3.63, 3.8) is 0 Å². The molecule has 1 saturated heterocycles. The van der Waals surface area contributed by atoms with Gasteiger partial charge in [0.1, 0.15) is 11.5 Å². The molecule has 8 nitrogen and oxygen atoms in total. The average molecular weight is 517 g/mol. The highest BCUT2D eigenvalue weighted by Crippen LogP contribution is 2.46. The van der Waals surface area contributed by atoms with Crippen molar-refractivity contribution in [2.24, 2.45) is 0 Å².